The van der Waals surface area contributed by atoms with Gasteiger partial charge in [0, 0.05) is 37.4 Å². The van der Waals surface area contributed by atoms with Crippen LogP contribution in [-0.2, 0) is 12.8 Å². The molecule has 0 bridgehead atoms. The van der Waals surface area contributed by atoms with E-state index in [1.165, 1.54) is 6.92 Å². The maximum absolute atomic E-state index is 12.9. The smallest absolute Gasteiger partial charge is 0.392 e. The summed E-state index contributed by atoms with van der Waals surface area (Å²) < 4.78 is 38.8. The van der Waals surface area contributed by atoms with Gasteiger partial charge in [-0.15, -0.1) is 0 Å². The quantitative estimate of drug-likeness (QED) is 0.885. The van der Waals surface area contributed by atoms with Crippen molar-refractivity contribution in [1.29, 1.82) is 0 Å². The fourth-order valence-corrected chi connectivity index (χ4v) is 2.88. The summed E-state index contributed by atoms with van der Waals surface area (Å²) in [6.45, 7) is 2.82. The molecule has 3 rings (SSSR count). The lowest BCUT2D eigenvalue weighted by Gasteiger charge is -2.35. The molecule has 0 saturated carbocycles. The van der Waals surface area contributed by atoms with Gasteiger partial charge in [-0.1, -0.05) is 12.1 Å². The van der Waals surface area contributed by atoms with Crippen LogP contribution in [0.15, 0.2) is 30.3 Å². The Bertz CT molecular complexity index is 816. The number of hydrogen-bond donors (Lipinski definition) is 1. The van der Waals surface area contributed by atoms with Crippen LogP contribution in [0, 0.1) is 6.92 Å². The molecule has 1 aromatic carbocycles. The molecule has 0 spiro atoms. The van der Waals surface area contributed by atoms with Crippen LogP contribution < -0.4 is 4.90 Å². The van der Waals surface area contributed by atoms with E-state index >= 15 is 0 Å². The molecule has 2 heterocycles. The van der Waals surface area contributed by atoms with Gasteiger partial charge >= 0.3 is 6.18 Å². The number of piperazine rings is 1. The molecule has 144 valence electrons. The van der Waals surface area contributed by atoms with E-state index in [2.05, 4.69) is 9.97 Å². The van der Waals surface area contributed by atoms with Crippen molar-refractivity contribution < 1.29 is 23.1 Å². The summed E-state index contributed by atoms with van der Waals surface area (Å²) in [6, 6.07) is 7.59. The molecule has 0 unspecified atom stereocenters. The summed E-state index contributed by atoms with van der Waals surface area (Å²) in [4.78, 5) is 23.6. The van der Waals surface area contributed by atoms with Crippen molar-refractivity contribution in [2.45, 2.75) is 19.7 Å². The number of nitrogens with zero attached hydrogens (tertiary/aromatic N) is 4. The van der Waals surface area contributed by atoms with Crippen LogP contribution in [0.25, 0.3) is 0 Å². The lowest BCUT2D eigenvalue weighted by molar-refractivity contribution is -0.141. The monoisotopic (exact) mass is 380 g/mol. The van der Waals surface area contributed by atoms with Crippen molar-refractivity contribution >= 4 is 11.9 Å². The second-order valence-electron chi connectivity index (χ2n) is 6.33. The number of carbonyl (C=O) groups excluding carboxylic acids is 1. The summed E-state index contributed by atoms with van der Waals surface area (Å²) in [5.74, 6) is -0.123. The van der Waals surface area contributed by atoms with Crippen LogP contribution in [-0.4, -0.2) is 52.1 Å². The highest BCUT2D eigenvalue weighted by molar-refractivity contribution is 5.94. The lowest BCUT2D eigenvalue weighted by atomic mass is 10.1. The normalized spacial score (nSPS) is 15.1. The van der Waals surface area contributed by atoms with E-state index in [4.69, 9.17) is 5.11 Å². The third-order valence-electron chi connectivity index (χ3n) is 4.37. The number of halogens is 3. The predicted octanol–water partition coefficient (Wildman–Crippen LogP) is 2.26. The molecular formula is C18H19F3N4O2. The molecule has 1 saturated heterocycles. The summed E-state index contributed by atoms with van der Waals surface area (Å²) in [7, 11) is 0. The lowest BCUT2D eigenvalue weighted by Crippen LogP contribution is -2.49. The largest absolute Gasteiger partial charge is 0.433 e. The fourth-order valence-electron chi connectivity index (χ4n) is 2.88. The average molecular weight is 380 g/mol. The topological polar surface area (TPSA) is 69.6 Å². The summed E-state index contributed by atoms with van der Waals surface area (Å²) >= 11 is 0. The van der Waals surface area contributed by atoms with Crippen molar-refractivity contribution in [3.63, 3.8) is 0 Å². The number of benzene rings is 1. The Morgan fingerprint density at radius 3 is 2.30 bits per heavy atom. The summed E-state index contributed by atoms with van der Waals surface area (Å²) in [5, 5.41) is 9.06. The van der Waals surface area contributed by atoms with Gasteiger partial charge in [0.1, 0.15) is 5.69 Å². The van der Waals surface area contributed by atoms with Gasteiger partial charge in [-0.2, -0.15) is 13.2 Å². The minimum Gasteiger partial charge on any atom is -0.392 e. The van der Waals surface area contributed by atoms with E-state index in [9.17, 15) is 18.0 Å². The zero-order chi connectivity index (χ0) is 19.6. The first kappa shape index (κ1) is 19.1. The maximum Gasteiger partial charge on any atom is 0.433 e. The number of hydrogen-bond acceptors (Lipinski definition) is 5. The predicted molar refractivity (Wildman–Crippen MR) is 92.3 cm³/mol. The molecule has 1 aliphatic rings. The Labute approximate surface area is 154 Å². The van der Waals surface area contributed by atoms with Gasteiger partial charge in [-0.05, 0) is 30.7 Å². The van der Waals surface area contributed by atoms with E-state index in [-0.39, 0.29) is 24.2 Å². The highest BCUT2D eigenvalue weighted by atomic mass is 19.4. The standard InChI is InChI=1S/C18H19F3N4O2/c1-12-10-15(18(19,20)21)23-17(22-12)25-8-6-24(7-9-25)16(27)14-4-2-13(11-26)3-5-14/h2-5,10,26H,6-9,11H2,1H3. The van der Waals surface area contributed by atoms with Crippen LogP contribution >= 0.6 is 0 Å². The number of rotatable bonds is 3. The third-order valence-corrected chi connectivity index (χ3v) is 4.37. The van der Waals surface area contributed by atoms with Gasteiger partial charge in [0.2, 0.25) is 5.95 Å². The Kier molecular flexibility index (Phi) is 5.31. The van der Waals surface area contributed by atoms with Gasteiger partial charge in [0.05, 0.1) is 6.61 Å². The number of aliphatic hydroxyl groups excluding tert-OH is 1. The van der Waals surface area contributed by atoms with Crippen LogP contribution in [0.5, 0.6) is 0 Å². The highest BCUT2D eigenvalue weighted by Gasteiger charge is 2.34. The Morgan fingerprint density at radius 1 is 1.11 bits per heavy atom. The average Bonchev–Trinajstić information content (AvgIpc) is 2.66. The van der Waals surface area contributed by atoms with E-state index in [0.29, 0.717) is 37.3 Å². The molecular weight excluding hydrogens is 361 g/mol. The molecule has 0 aliphatic carbocycles. The van der Waals surface area contributed by atoms with Gasteiger partial charge in [0.15, 0.2) is 0 Å². The molecule has 1 amide bonds. The minimum atomic E-state index is -4.53. The number of anilines is 1. The van der Waals surface area contributed by atoms with Crippen molar-refractivity contribution in [2.75, 3.05) is 31.1 Å². The van der Waals surface area contributed by atoms with Crippen LogP contribution in [0.4, 0.5) is 19.1 Å². The molecule has 1 N–H and O–H groups in total. The van der Waals surface area contributed by atoms with Gasteiger partial charge < -0.3 is 14.9 Å². The molecule has 6 nitrogen and oxygen atoms in total. The zero-order valence-corrected chi connectivity index (χ0v) is 14.7. The number of carbonyl (C=O) groups is 1. The number of aliphatic hydroxyl groups is 1. The van der Waals surface area contributed by atoms with Crippen LogP contribution in [0.1, 0.15) is 27.3 Å². The Morgan fingerprint density at radius 2 is 1.74 bits per heavy atom. The van der Waals surface area contributed by atoms with E-state index in [1.807, 2.05) is 0 Å². The van der Waals surface area contributed by atoms with Crippen molar-refractivity contribution in [3.8, 4) is 0 Å². The maximum atomic E-state index is 12.9. The molecule has 2 aromatic rings. The molecule has 9 heteroatoms. The number of alkyl halides is 3. The summed E-state index contributed by atoms with van der Waals surface area (Å²) in [5.41, 5.74) is 0.502. The SMILES string of the molecule is Cc1cc(C(F)(F)F)nc(N2CCN(C(=O)c3ccc(CO)cc3)CC2)n1. The number of amides is 1. The number of aromatic nitrogens is 2. The Hall–Kier alpha value is -2.68. The molecule has 27 heavy (non-hydrogen) atoms. The second kappa shape index (κ2) is 7.51. The molecule has 0 atom stereocenters. The third kappa shape index (κ3) is 4.36. The van der Waals surface area contributed by atoms with E-state index < -0.39 is 11.9 Å². The van der Waals surface area contributed by atoms with Crippen LogP contribution in [0.2, 0.25) is 0 Å². The molecule has 1 fully saturated rings. The van der Waals surface area contributed by atoms with Crippen molar-refractivity contribution in [1.82, 2.24) is 14.9 Å². The van der Waals surface area contributed by atoms with E-state index in [0.717, 1.165) is 6.07 Å². The van der Waals surface area contributed by atoms with Gasteiger partial charge in [-0.25, -0.2) is 9.97 Å². The second-order valence-corrected chi connectivity index (χ2v) is 6.33. The van der Waals surface area contributed by atoms with Crippen molar-refractivity contribution in [3.05, 3.63) is 52.8 Å². The molecule has 0 radical (unpaired) electrons. The van der Waals surface area contributed by atoms with Crippen molar-refractivity contribution in [2.24, 2.45) is 0 Å². The van der Waals surface area contributed by atoms with Crippen LogP contribution in [0.3, 0.4) is 0 Å². The molecule has 1 aromatic heterocycles. The first-order chi connectivity index (χ1) is 12.8. The zero-order valence-electron chi connectivity index (χ0n) is 14.7. The Balaban J connectivity index is 1.68. The van der Waals surface area contributed by atoms with E-state index in [1.54, 1.807) is 34.1 Å². The summed E-state index contributed by atoms with van der Waals surface area (Å²) in [6.07, 6.45) is -4.53. The van der Waals surface area contributed by atoms with Gasteiger partial charge in [-0.3, -0.25) is 4.79 Å². The fraction of sp³-hybridized carbons (Fsp3) is 0.389. The van der Waals surface area contributed by atoms with Gasteiger partial charge in [0.25, 0.3) is 5.91 Å². The molecule has 1 aliphatic heterocycles. The highest BCUT2D eigenvalue weighted by Crippen LogP contribution is 2.29. The first-order valence-electron chi connectivity index (χ1n) is 8.45. The minimum absolute atomic E-state index is 0.0294. The number of aryl methyl sites for hydroxylation is 1. The first-order valence-corrected chi connectivity index (χ1v) is 8.45.